The number of sulfonamides is 1. The third kappa shape index (κ3) is 21.1. The summed E-state index contributed by atoms with van der Waals surface area (Å²) in [6, 6.07) is 30.0. The number of anilines is 2. The SMILES string of the molecule is Cc1ncsc1-c1ccc([C@H](C)NC(=O)[C@@H]2C[C@@H](O)CN2C(=O)[C@@H](NC(=O)CCCCCCCC(=O)N2CCN(CC[C@H](CSc3ccccc3)Nc3ccc(S(=O)(=O)NC(=O)c4ccc5c(c4)CCC4CN(CC6=C(c7ccc(Cl)cc7)CCC(C)(C)C6)CCN54)cc3S(=O)(=O)C(F)(F)F)CC2)C(C)(C)C)cc1. The van der Waals surface area contributed by atoms with Crippen molar-refractivity contribution in [3.8, 4) is 10.4 Å². The number of unbranched alkanes of at least 4 members (excludes halogenated alkanes) is 4. The number of allylic oxidation sites excluding steroid dienone is 1. The lowest BCUT2D eigenvalue weighted by molar-refractivity contribution is -0.144. The second-order valence-electron chi connectivity index (χ2n) is 31.6. The number of piperazine rings is 2. The number of aliphatic hydroxyl groups excluding tert-OH is 1. The summed E-state index contributed by atoms with van der Waals surface area (Å²) >= 11 is 9.23. The van der Waals surface area contributed by atoms with Crippen LogP contribution in [0.5, 0.6) is 0 Å². The molecule has 109 heavy (non-hydrogen) atoms. The standard InChI is InChI=1S/C81H102ClF3N10O10S4/c1-53(55-20-22-57(23-21-55)74-54(2)86-52-107-74)87-77(100)70-45-64(96)50-95(70)78(101)75(79(3,4)5)89-72(97)18-14-9-8-10-15-19-73(98)93-41-38-91(39-42-93)37-35-62(51-106-65-16-12-11-13-17-65)88-68-32-31-66(46-71(68)108(102,103)81(83,84)85)109(104,105)90-76(99)59-27-33-69-58(44-59)26-30-63-49-92(40-43-94(63)69)48-60-47-80(6,7)36-34-67(60)56-24-28-61(82)29-25-56/h11-13,16-17,20-25,27-29,31-33,44,46,52-53,62-64,70,75,88,96H,8-10,14-15,18-19,26,30,34-43,45,47-51H2,1-7H3,(H,87,100)(H,89,97)(H,90,99)/t53-,62+,63?,64+,70-,75+/m0/s1. The van der Waals surface area contributed by atoms with Gasteiger partial charge in [0.25, 0.3) is 25.8 Å². The predicted molar refractivity (Wildman–Crippen MR) is 424 cm³/mol. The molecule has 20 nitrogen and oxygen atoms in total. The molecular weight excluding hydrogens is 1490 g/mol. The zero-order valence-corrected chi connectivity index (χ0v) is 67.2. The van der Waals surface area contributed by atoms with Crippen LogP contribution in [0.2, 0.25) is 5.02 Å². The summed E-state index contributed by atoms with van der Waals surface area (Å²) in [7, 11) is -11.1. The van der Waals surface area contributed by atoms with E-state index in [0.29, 0.717) is 75.9 Å². The lowest BCUT2D eigenvalue weighted by atomic mass is 9.72. The van der Waals surface area contributed by atoms with Crippen molar-refractivity contribution in [3.63, 3.8) is 0 Å². The summed E-state index contributed by atoms with van der Waals surface area (Å²) < 4.78 is 101. The van der Waals surface area contributed by atoms with Gasteiger partial charge in [-0.05, 0) is 165 Å². The second kappa shape index (κ2) is 35.5. The van der Waals surface area contributed by atoms with Gasteiger partial charge in [-0.3, -0.25) is 33.8 Å². The van der Waals surface area contributed by atoms with Gasteiger partial charge in [-0.2, -0.15) is 13.2 Å². The van der Waals surface area contributed by atoms with E-state index >= 15 is 0 Å². The number of aromatic nitrogens is 1. The molecule has 28 heteroatoms. The smallest absolute Gasteiger partial charge is 0.391 e. The summed E-state index contributed by atoms with van der Waals surface area (Å²) in [5.74, 6) is -1.87. The maximum Gasteiger partial charge on any atom is 0.501 e. The van der Waals surface area contributed by atoms with Crippen molar-refractivity contribution in [2.24, 2.45) is 10.8 Å². The number of nitrogens with zero attached hydrogens (tertiary/aromatic N) is 6. The highest BCUT2D eigenvalue weighted by atomic mass is 35.5. The first-order valence-corrected chi connectivity index (χ1v) is 43.1. The van der Waals surface area contributed by atoms with E-state index in [0.717, 1.165) is 121 Å². The Morgan fingerprint density at radius 2 is 1.48 bits per heavy atom. The average Bonchev–Trinajstić information content (AvgIpc) is 1.43. The van der Waals surface area contributed by atoms with Crippen molar-refractivity contribution >= 4 is 101 Å². The number of likely N-dealkylation sites (tertiary alicyclic amines) is 1. The Morgan fingerprint density at radius 1 is 0.789 bits per heavy atom. The van der Waals surface area contributed by atoms with Crippen molar-refractivity contribution < 1.29 is 59.1 Å². The number of aliphatic hydroxyl groups is 1. The van der Waals surface area contributed by atoms with Gasteiger partial charge in [-0.25, -0.2) is 26.5 Å². The van der Waals surface area contributed by atoms with E-state index in [-0.39, 0.29) is 60.0 Å². The van der Waals surface area contributed by atoms with Crippen LogP contribution in [0.4, 0.5) is 24.5 Å². The van der Waals surface area contributed by atoms with Crippen LogP contribution in [-0.4, -0.2) is 183 Å². The number of hydrogen-bond acceptors (Lipinski definition) is 17. The first-order chi connectivity index (χ1) is 51.7. The molecule has 5 aromatic carbocycles. The molecule has 6 aromatic rings. The number of β-amino-alcohol motifs (C(OH)–C–C–N with tert-alkyl or cyclic N) is 1. The number of halogens is 4. The Hall–Kier alpha value is -7.37. The Morgan fingerprint density at radius 3 is 2.17 bits per heavy atom. The van der Waals surface area contributed by atoms with Crippen molar-refractivity contribution in [1.82, 2.24) is 39.9 Å². The minimum absolute atomic E-state index is 0.00598. The molecule has 0 saturated carbocycles. The summed E-state index contributed by atoms with van der Waals surface area (Å²) in [5.41, 5.74) is 3.71. The number of fused-ring (bicyclic) bond motifs is 3. The molecule has 1 aliphatic carbocycles. The summed E-state index contributed by atoms with van der Waals surface area (Å²) in [6.45, 7) is 19.6. The fourth-order valence-corrected chi connectivity index (χ4v) is 19.5. The zero-order chi connectivity index (χ0) is 78.2. The maximum atomic E-state index is 14.7. The number of carbonyl (C=O) groups excluding carboxylic acids is 5. The van der Waals surface area contributed by atoms with Crippen LogP contribution in [0, 0.1) is 17.8 Å². The van der Waals surface area contributed by atoms with Gasteiger partial charge in [-0.1, -0.05) is 126 Å². The van der Waals surface area contributed by atoms with Crippen LogP contribution in [0.1, 0.15) is 164 Å². The number of thiazole rings is 1. The third-order valence-corrected chi connectivity index (χ3v) is 27.0. The highest BCUT2D eigenvalue weighted by Crippen LogP contribution is 2.44. The number of sulfone groups is 1. The number of benzene rings is 5. The van der Waals surface area contributed by atoms with E-state index in [1.807, 2.05) is 117 Å². The van der Waals surface area contributed by atoms with Gasteiger partial charge in [0.2, 0.25) is 23.6 Å². The van der Waals surface area contributed by atoms with E-state index in [9.17, 15) is 59.1 Å². The van der Waals surface area contributed by atoms with Crippen molar-refractivity contribution in [2.75, 3.05) is 81.4 Å². The number of rotatable bonds is 29. The molecule has 5 heterocycles. The highest BCUT2D eigenvalue weighted by molar-refractivity contribution is 7.99. The first-order valence-electron chi connectivity index (χ1n) is 37.8. The van der Waals surface area contributed by atoms with Gasteiger partial charge >= 0.3 is 5.51 Å². The zero-order valence-electron chi connectivity index (χ0n) is 63.1. The van der Waals surface area contributed by atoms with Crippen LogP contribution in [0.25, 0.3) is 16.0 Å². The molecule has 5 N–H and O–H groups in total. The molecule has 1 unspecified atom stereocenters. The number of amides is 5. The lowest BCUT2D eigenvalue weighted by Crippen LogP contribution is -2.57. The molecule has 4 aliphatic heterocycles. The molecule has 6 atom stereocenters. The fraction of sp³-hybridized carbons (Fsp3) is 0.506. The van der Waals surface area contributed by atoms with Gasteiger partial charge in [-0.15, -0.1) is 23.1 Å². The quantitative estimate of drug-likeness (QED) is 0.0216. The predicted octanol–water partition coefficient (Wildman–Crippen LogP) is 13.5. The first kappa shape index (κ1) is 82.6. The number of nitrogens with one attached hydrogen (secondary N) is 4. The number of alkyl halides is 3. The number of aryl methyl sites for hydroxylation is 2. The van der Waals surface area contributed by atoms with Gasteiger partial charge < -0.3 is 35.8 Å². The summed E-state index contributed by atoms with van der Waals surface area (Å²) in [4.78, 5) is 83.2. The topological polar surface area (TPSA) is 251 Å². The van der Waals surface area contributed by atoms with E-state index in [2.05, 4.69) is 61.6 Å². The fourth-order valence-electron chi connectivity index (χ4n) is 15.6. The van der Waals surface area contributed by atoms with E-state index in [4.69, 9.17) is 11.6 Å². The Bertz CT molecular complexity index is 4500. The normalized spacial score (nSPS) is 19.5. The molecule has 1 aromatic heterocycles. The van der Waals surface area contributed by atoms with Gasteiger partial charge in [0.05, 0.1) is 38.8 Å². The molecule has 0 bridgehead atoms. The van der Waals surface area contributed by atoms with Crippen LogP contribution >= 0.6 is 34.7 Å². The molecule has 3 saturated heterocycles. The monoisotopic (exact) mass is 1590 g/mol. The molecule has 3 fully saturated rings. The molecule has 11 rings (SSSR count). The van der Waals surface area contributed by atoms with E-state index < -0.39 is 88.2 Å². The Kier molecular flexibility index (Phi) is 26.9. The van der Waals surface area contributed by atoms with Crippen LogP contribution in [-0.2, 0) is 45.5 Å². The van der Waals surface area contributed by atoms with Crippen LogP contribution < -0.4 is 25.6 Å². The number of carbonyl (C=O) groups is 5. The van der Waals surface area contributed by atoms with Crippen LogP contribution in [0.3, 0.4) is 0 Å². The van der Waals surface area contributed by atoms with Crippen molar-refractivity contribution in [3.05, 3.63) is 159 Å². The van der Waals surface area contributed by atoms with E-state index in [1.54, 1.807) is 22.9 Å². The van der Waals surface area contributed by atoms with Crippen molar-refractivity contribution in [2.45, 2.75) is 195 Å². The third-order valence-electron chi connectivity index (χ3n) is 21.8. The second-order valence-corrected chi connectivity index (χ2v) is 37.5. The maximum absolute atomic E-state index is 14.7. The molecule has 0 radical (unpaired) electrons. The number of thioether (sulfide) groups is 1. The molecule has 5 amide bonds. The number of hydrogen-bond donors (Lipinski definition) is 5. The molecule has 588 valence electrons. The van der Waals surface area contributed by atoms with Gasteiger partial charge in [0.1, 0.15) is 17.0 Å². The largest absolute Gasteiger partial charge is 0.501 e. The lowest BCUT2D eigenvalue weighted by Gasteiger charge is -2.47. The van der Waals surface area contributed by atoms with Gasteiger partial charge in [0, 0.05) is 124 Å². The van der Waals surface area contributed by atoms with Crippen LogP contribution in [0.15, 0.2) is 141 Å². The summed E-state index contributed by atoms with van der Waals surface area (Å²) in [5, 5.41) is 20.5. The highest BCUT2D eigenvalue weighted by Gasteiger charge is 2.49. The molecule has 0 spiro atoms. The Balaban J connectivity index is 0.635. The Labute approximate surface area is 652 Å². The summed E-state index contributed by atoms with van der Waals surface area (Å²) in [6.07, 6.45) is 7.96. The minimum Gasteiger partial charge on any atom is -0.391 e. The van der Waals surface area contributed by atoms with Crippen molar-refractivity contribution in [1.29, 1.82) is 0 Å². The van der Waals surface area contributed by atoms with Gasteiger partial charge in [0.15, 0.2) is 0 Å². The minimum atomic E-state index is -6.18. The van der Waals surface area contributed by atoms with E-state index in [1.165, 1.54) is 39.4 Å². The molecular formula is C81H102ClF3N10O10S4. The molecule has 5 aliphatic rings. The average molecular weight is 1600 g/mol.